The third kappa shape index (κ3) is 4.32. The summed E-state index contributed by atoms with van der Waals surface area (Å²) in [5.74, 6) is 2.17. The molecule has 7 heteroatoms. The lowest BCUT2D eigenvalue weighted by atomic mass is 9.79. The zero-order valence-corrected chi connectivity index (χ0v) is 18.7. The Morgan fingerprint density at radius 2 is 1.70 bits per heavy atom. The monoisotopic (exact) mass is 409 g/mol. The number of aryl methyl sites for hydroxylation is 1. The van der Waals surface area contributed by atoms with Crippen LogP contribution in [0.25, 0.3) is 0 Å². The van der Waals surface area contributed by atoms with Crippen LogP contribution in [0.3, 0.4) is 0 Å². The van der Waals surface area contributed by atoms with Crippen LogP contribution >= 0.6 is 0 Å². The molecule has 0 spiro atoms. The Bertz CT molecular complexity index is 839. The fraction of sp³-hybridized carbons (Fsp3) is 0.565. The van der Waals surface area contributed by atoms with Crippen LogP contribution in [0, 0.1) is 5.92 Å². The molecule has 0 saturated carbocycles. The van der Waals surface area contributed by atoms with Gasteiger partial charge in [-0.15, -0.1) is 0 Å². The molecule has 2 aliphatic rings. The van der Waals surface area contributed by atoms with E-state index in [4.69, 9.17) is 14.0 Å². The second-order valence-corrected chi connectivity index (χ2v) is 9.31. The molecule has 6 nitrogen and oxygen atoms in total. The Morgan fingerprint density at radius 1 is 1.07 bits per heavy atom. The number of benzene rings is 1. The fourth-order valence-corrected chi connectivity index (χ4v) is 3.76. The molecule has 3 heterocycles. The molecule has 0 amide bonds. The van der Waals surface area contributed by atoms with Crippen LogP contribution in [0.2, 0.25) is 0 Å². The van der Waals surface area contributed by atoms with Crippen molar-refractivity contribution in [2.75, 3.05) is 24.6 Å². The first kappa shape index (κ1) is 21.1. The van der Waals surface area contributed by atoms with E-state index in [1.807, 2.05) is 36.7 Å². The topological polar surface area (TPSA) is 56.7 Å². The van der Waals surface area contributed by atoms with E-state index in [1.165, 1.54) is 5.56 Å². The Morgan fingerprint density at radius 3 is 2.30 bits per heavy atom. The van der Waals surface area contributed by atoms with Crippen LogP contribution in [0.15, 0.2) is 36.7 Å². The van der Waals surface area contributed by atoms with Crippen molar-refractivity contribution in [3.8, 4) is 5.75 Å². The van der Waals surface area contributed by atoms with Gasteiger partial charge in [-0.3, -0.25) is 0 Å². The molecule has 2 aromatic rings. The zero-order chi connectivity index (χ0) is 21.4. The summed E-state index contributed by atoms with van der Waals surface area (Å²) >= 11 is 0. The molecule has 2 saturated heterocycles. The van der Waals surface area contributed by atoms with Gasteiger partial charge in [-0.1, -0.05) is 19.1 Å². The normalized spacial score (nSPS) is 22.5. The highest BCUT2D eigenvalue weighted by molar-refractivity contribution is 6.62. The van der Waals surface area contributed by atoms with Gasteiger partial charge in [0.05, 0.1) is 17.8 Å². The molecular formula is C23H32BN3O3. The van der Waals surface area contributed by atoms with Crippen LogP contribution in [0.5, 0.6) is 5.75 Å². The molecule has 0 radical (unpaired) electrons. The third-order valence-electron chi connectivity index (χ3n) is 6.56. The summed E-state index contributed by atoms with van der Waals surface area (Å²) in [6, 6.07) is 8.06. The number of hydrogen-bond acceptors (Lipinski definition) is 6. The maximum atomic E-state index is 6.12. The molecule has 1 unspecified atom stereocenters. The lowest BCUT2D eigenvalue weighted by Gasteiger charge is -2.32. The average Bonchev–Trinajstić information content (AvgIpc) is 3.28. The smallest absolute Gasteiger partial charge is 0.493 e. The lowest BCUT2D eigenvalue weighted by molar-refractivity contribution is 0.00578. The Hall–Kier alpha value is -2.12. The highest BCUT2D eigenvalue weighted by atomic mass is 16.7. The lowest BCUT2D eigenvalue weighted by Crippen LogP contribution is -2.41. The van der Waals surface area contributed by atoms with Crippen LogP contribution in [-0.4, -0.2) is 48.0 Å². The molecule has 160 valence electrons. The molecule has 0 aliphatic carbocycles. The first-order valence-corrected chi connectivity index (χ1v) is 10.9. The van der Waals surface area contributed by atoms with E-state index in [2.05, 4.69) is 49.5 Å². The summed E-state index contributed by atoms with van der Waals surface area (Å²) in [6.45, 7) is 13.0. The minimum atomic E-state index is -0.341. The van der Waals surface area contributed by atoms with Crippen molar-refractivity contribution in [2.45, 2.75) is 58.7 Å². The van der Waals surface area contributed by atoms with Crippen molar-refractivity contribution < 1.29 is 14.0 Å². The minimum absolute atomic E-state index is 0.332. The van der Waals surface area contributed by atoms with Gasteiger partial charge in [0.1, 0.15) is 5.75 Å². The molecular weight excluding hydrogens is 377 g/mol. The van der Waals surface area contributed by atoms with Gasteiger partial charge in [0, 0.05) is 31.4 Å². The maximum Gasteiger partial charge on any atom is 0.494 e. The second-order valence-electron chi connectivity index (χ2n) is 9.31. The molecule has 4 rings (SSSR count). The highest BCUT2D eigenvalue weighted by Crippen LogP contribution is 2.36. The van der Waals surface area contributed by atoms with Crippen molar-refractivity contribution in [1.82, 2.24) is 9.97 Å². The van der Waals surface area contributed by atoms with Crippen LogP contribution in [0.1, 0.15) is 46.6 Å². The van der Waals surface area contributed by atoms with Crippen molar-refractivity contribution in [2.24, 2.45) is 5.92 Å². The minimum Gasteiger partial charge on any atom is -0.493 e. The molecule has 30 heavy (non-hydrogen) atoms. The second kappa shape index (κ2) is 8.19. The number of nitrogens with zero attached hydrogens (tertiary/aromatic N) is 3. The summed E-state index contributed by atoms with van der Waals surface area (Å²) in [5, 5.41) is 0. The number of aromatic nitrogens is 2. The molecule has 0 bridgehead atoms. The Balaban J connectivity index is 1.29. The fourth-order valence-electron chi connectivity index (χ4n) is 3.76. The Kier molecular flexibility index (Phi) is 5.77. The van der Waals surface area contributed by atoms with Crippen molar-refractivity contribution in [3.63, 3.8) is 0 Å². The first-order chi connectivity index (χ1) is 14.3. The molecule has 0 N–H and O–H groups in total. The van der Waals surface area contributed by atoms with E-state index >= 15 is 0 Å². The van der Waals surface area contributed by atoms with Crippen LogP contribution in [-0.2, 0) is 15.7 Å². The van der Waals surface area contributed by atoms with Gasteiger partial charge in [0.25, 0.3) is 0 Å². The van der Waals surface area contributed by atoms with Gasteiger partial charge in [0.2, 0.25) is 5.95 Å². The van der Waals surface area contributed by atoms with Gasteiger partial charge in [-0.2, -0.15) is 0 Å². The molecule has 1 aromatic carbocycles. The van der Waals surface area contributed by atoms with Crippen LogP contribution < -0.4 is 15.1 Å². The predicted molar refractivity (Wildman–Crippen MR) is 119 cm³/mol. The number of hydrogen-bond donors (Lipinski definition) is 0. The van der Waals surface area contributed by atoms with Crippen molar-refractivity contribution in [1.29, 1.82) is 0 Å². The first-order valence-electron chi connectivity index (χ1n) is 10.9. The maximum absolute atomic E-state index is 6.12. The Labute approximate surface area is 180 Å². The summed E-state index contributed by atoms with van der Waals surface area (Å²) in [5.41, 5.74) is 1.52. The quantitative estimate of drug-likeness (QED) is 0.683. The molecule has 2 aliphatic heterocycles. The van der Waals surface area contributed by atoms with Gasteiger partial charge in [-0.05, 0) is 63.7 Å². The van der Waals surface area contributed by atoms with Crippen molar-refractivity contribution in [3.05, 3.63) is 42.2 Å². The SMILES string of the molecule is CCc1cnc(N2CCC(COc3ccc(B4OC(C)(C)C(C)(C)O4)cc3)C2)nc1. The van der Waals surface area contributed by atoms with Crippen molar-refractivity contribution >= 4 is 18.5 Å². The highest BCUT2D eigenvalue weighted by Gasteiger charge is 2.51. The predicted octanol–water partition coefficient (Wildman–Crippen LogP) is 3.24. The number of anilines is 1. The summed E-state index contributed by atoms with van der Waals surface area (Å²) < 4.78 is 18.3. The summed E-state index contributed by atoms with van der Waals surface area (Å²) in [6.07, 6.45) is 5.90. The van der Waals surface area contributed by atoms with E-state index in [-0.39, 0.29) is 18.3 Å². The summed E-state index contributed by atoms with van der Waals surface area (Å²) in [7, 11) is -0.341. The zero-order valence-electron chi connectivity index (χ0n) is 18.7. The van der Waals surface area contributed by atoms with Crippen LogP contribution in [0.4, 0.5) is 5.95 Å². The molecule has 2 fully saturated rings. The molecule has 1 aromatic heterocycles. The third-order valence-corrected chi connectivity index (χ3v) is 6.56. The van der Waals surface area contributed by atoms with E-state index in [1.54, 1.807) is 0 Å². The van der Waals surface area contributed by atoms with Gasteiger partial charge in [0.15, 0.2) is 0 Å². The average molecular weight is 409 g/mol. The van der Waals surface area contributed by atoms with E-state index in [9.17, 15) is 0 Å². The largest absolute Gasteiger partial charge is 0.494 e. The van der Waals surface area contributed by atoms with E-state index < -0.39 is 0 Å². The van der Waals surface area contributed by atoms with Gasteiger partial charge < -0.3 is 18.9 Å². The number of ether oxygens (including phenoxy) is 1. The van der Waals surface area contributed by atoms with E-state index in [0.717, 1.165) is 43.1 Å². The van der Waals surface area contributed by atoms with E-state index in [0.29, 0.717) is 12.5 Å². The number of rotatable bonds is 6. The van der Waals surface area contributed by atoms with Gasteiger partial charge in [-0.25, -0.2) is 9.97 Å². The molecule has 1 atom stereocenters. The standard InChI is InChI=1S/C23H32BN3O3/c1-6-17-13-25-21(26-14-17)27-12-11-18(15-27)16-28-20-9-7-19(8-10-20)24-29-22(2,3)23(4,5)30-24/h7-10,13-14,18H,6,11-12,15-16H2,1-5H3. The summed E-state index contributed by atoms with van der Waals surface area (Å²) in [4.78, 5) is 11.2. The van der Waals surface area contributed by atoms with Gasteiger partial charge >= 0.3 is 7.12 Å².